The molecule has 4 fully saturated rings. The van der Waals surface area contributed by atoms with Gasteiger partial charge in [-0.25, -0.2) is 0 Å². The Morgan fingerprint density at radius 3 is 1.35 bits per heavy atom. The first kappa shape index (κ1) is 32.4. The molecule has 0 aliphatic heterocycles. The maximum atomic E-state index is 6.58. The van der Waals surface area contributed by atoms with Gasteiger partial charge in [0.15, 0.2) is 0 Å². The van der Waals surface area contributed by atoms with Crippen molar-refractivity contribution in [1.82, 2.24) is 0 Å². The number of rotatable bonds is 8. The third-order valence-electron chi connectivity index (χ3n) is 13.0. The average molecular weight is 713 g/mol. The summed E-state index contributed by atoms with van der Waals surface area (Å²) in [5.74, 6) is 2.88. The van der Waals surface area contributed by atoms with Gasteiger partial charge in [-0.3, -0.25) is 0 Å². The first-order chi connectivity index (χ1) is 27.2. The van der Waals surface area contributed by atoms with Gasteiger partial charge in [-0.2, -0.15) is 0 Å². The highest BCUT2D eigenvalue weighted by Crippen LogP contribution is 2.60. The van der Waals surface area contributed by atoms with Crippen molar-refractivity contribution < 1.29 is 4.42 Å². The van der Waals surface area contributed by atoms with Crippen LogP contribution in [0.2, 0.25) is 0 Å². The van der Waals surface area contributed by atoms with Crippen molar-refractivity contribution in [3.8, 4) is 11.1 Å². The molecule has 0 spiro atoms. The Morgan fingerprint density at radius 1 is 0.382 bits per heavy atom. The standard InChI is InChI=1S/C52H44N2O/c1-4-10-42(11-5-1)53(43-12-6-2-7-13-43)46-25-27-50-49(31-46)48-26-24-47(32-51(48)55-50)54(44-14-8-3-9-15-44)45-22-18-40(19-23-45)39-16-20-41(21-17-39)52-33-36-28-37(34-52)30-38(29-36)35-52/h1-27,31-32,36-38H,28-30,33-35H2. The molecule has 1 heterocycles. The molecule has 4 aliphatic carbocycles. The van der Waals surface area contributed by atoms with Gasteiger partial charge in [-0.15, -0.1) is 0 Å². The summed E-state index contributed by atoms with van der Waals surface area (Å²) in [5.41, 5.74) is 12.9. The highest BCUT2D eigenvalue weighted by Gasteiger charge is 2.51. The van der Waals surface area contributed by atoms with Crippen molar-refractivity contribution in [2.75, 3.05) is 9.80 Å². The lowest BCUT2D eigenvalue weighted by Gasteiger charge is -2.57. The molecule has 0 amide bonds. The van der Waals surface area contributed by atoms with E-state index >= 15 is 0 Å². The Bertz CT molecular complexity index is 2540. The van der Waals surface area contributed by atoms with Gasteiger partial charge in [0, 0.05) is 51.0 Å². The van der Waals surface area contributed by atoms with Gasteiger partial charge in [-0.1, -0.05) is 91.0 Å². The van der Waals surface area contributed by atoms with E-state index in [0.717, 1.165) is 73.8 Å². The third kappa shape index (κ3) is 5.72. The van der Waals surface area contributed by atoms with Gasteiger partial charge in [0.1, 0.15) is 11.2 Å². The minimum atomic E-state index is 0.432. The normalized spacial score (nSPS) is 21.3. The van der Waals surface area contributed by atoms with E-state index in [1.54, 1.807) is 5.56 Å². The minimum absolute atomic E-state index is 0.432. The fraction of sp³-hybridized carbons (Fsp3) is 0.192. The first-order valence-corrected chi connectivity index (χ1v) is 20.1. The van der Waals surface area contributed by atoms with E-state index in [-0.39, 0.29) is 0 Å². The highest BCUT2D eigenvalue weighted by atomic mass is 16.3. The molecule has 7 aromatic carbocycles. The number of nitrogens with zero attached hydrogens (tertiary/aromatic N) is 2. The van der Waals surface area contributed by atoms with E-state index < -0.39 is 0 Å². The Kier molecular flexibility index (Phi) is 7.69. The monoisotopic (exact) mass is 712 g/mol. The zero-order valence-corrected chi connectivity index (χ0v) is 31.0. The lowest BCUT2D eigenvalue weighted by atomic mass is 9.48. The maximum Gasteiger partial charge on any atom is 0.137 e. The summed E-state index contributed by atoms with van der Waals surface area (Å²) < 4.78 is 6.58. The van der Waals surface area contributed by atoms with Gasteiger partial charge < -0.3 is 14.2 Å². The van der Waals surface area contributed by atoms with Crippen molar-refractivity contribution in [3.63, 3.8) is 0 Å². The average Bonchev–Trinajstić information content (AvgIpc) is 3.59. The van der Waals surface area contributed by atoms with Crippen LogP contribution in [0.15, 0.2) is 180 Å². The number of anilines is 6. The zero-order valence-electron chi connectivity index (χ0n) is 31.0. The molecule has 0 unspecified atom stereocenters. The summed E-state index contributed by atoms with van der Waals surface area (Å²) >= 11 is 0. The molecule has 4 aliphatic rings. The number of furan rings is 1. The predicted molar refractivity (Wildman–Crippen MR) is 228 cm³/mol. The van der Waals surface area contributed by atoms with Crippen LogP contribution < -0.4 is 9.80 Å². The van der Waals surface area contributed by atoms with Crippen LogP contribution in [0.1, 0.15) is 44.1 Å². The number of para-hydroxylation sites is 3. The summed E-state index contributed by atoms with van der Waals surface area (Å²) in [6, 6.07) is 63.6. The first-order valence-electron chi connectivity index (χ1n) is 20.1. The molecule has 55 heavy (non-hydrogen) atoms. The van der Waals surface area contributed by atoms with E-state index in [1.165, 1.54) is 49.7 Å². The molecular weight excluding hydrogens is 669 g/mol. The Labute approximate surface area is 323 Å². The van der Waals surface area contributed by atoms with Gasteiger partial charge in [0.25, 0.3) is 0 Å². The van der Waals surface area contributed by atoms with Crippen molar-refractivity contribution >= 4 is 56.1 Å². The number of hydrogen-bond acceptors (Lipinski definition) is 3. The highest BCUT2D eigenvalue weighted by molar-refractivity contribution is 6.07. The summed E-state index contributed by atoms with van der Waals surface area (Å²) in [7, 11) is 0. The molecular formula is C52H44N2O. The smallest absolute Gasteiger partial charge is 0.137 e. The predicted octanol–water partition coefficient (Wildman–Crippen LogP) is 14.7. The second-order valence-electron chi connectivity index (χ2n) is 16.5. The molecule has 3 heteroatoms. The van der Waals surface area contributed by atoms with Crippen molar-refractivity contribution in [3.05, 3.63) is 181 Å². The lowest BCUT2D eigenvalue weighted by Crippen LogP contribution is -2.48. The summed E-state index contributed by atoms with van der Waals surface area (Å²) in [6.07, 6.45) is 8.68. The summed E-state index contributed by atoms with van der Waals surface area (Å²) in [5, 5.41) is 2.20. The van der Waals surface area contributed by atoms with Gasteiger partial charge >= 0.3 is 0 Å². The molecule has 12 rings (SSSR count). The van der Waals surface area contributed by atoms with Crippen LogP contribution >= 0.6 is 0 Å². The van der Waals surface area contributed by atoms with Crippen LogP contribution in [0, 0.1) is 17.8 Å². The lowest BCUT2D eigenvalue weighted by molar-refractivity contribution is -0.00518. The van der Waals surface area contributed by atoms with E-state index in [2.05, 4.69) is 186 Å². The maximum absolute atomic E-state index is 6.58. The summed E-state index contributed by atoms with van der Waals surface area (Å²) in [6.45, 7) is 0. The minimum Gasteiger partial charge on any atom is -0.456 e. The topological polar surface area (TPSA) is 19.6 Å². The summed E-state index contributed by atoms with van der Waals surface area (Å²) in [4.78, 5) is 4.62. The molecule has 3 nitrogen and oxygen atoms in total. The van der Waals surface area contributed by atoms with E-state index in [1.807, 2.05) is 0 Å². The number of hydrogen-bond donors (Lipinski definition) is 0. The van der Waals surface area contributed by atoms with Gasteiger partial charge in [0.05, 0.1) is 0 Å². The van der Waals surface area contributed by atoms with E-state index in [4.69, 9.17) is 4.42 Å². The molecule has 0 atom stereocenters. The van der Waals surface area contributed by atoms with Crippen molar-refractivity contribution in [2.45, 2.75) is 43.9 Å². The third-order valence-corrected chi connectivity index (χ3v) is 13.0. The molecule has 268 valence electrons. The molecule has 0 saturated heterocycles. The Hall–Kier alpha value is -6.06. The van der Waals surface area contributed by atoms with Crippen molar-refractivity contribution in [1.29, 1.82) is 0 Å². The number of fused-ring (bicyclic) bond motifs is 3. The van der Waals surface area contributed by atoms with Crippen molar-refractivity contribution in [2.24, 2.45) is 17.8 Å². The molecule has 0 radical (unpaired) electrons. The Balaban J connectivity index is 0.920. The molecule has 1 aromatic heterocycles. The molecule has 8 aromatic rings. The van der Waals surface area contributed by atoms with Gasteiger partial charge in [0.2, 0.25) is 0 Å². The van der Waals surface area contributed by atoms with Crippen LogP contribution in [0.4, 0.5) is 34.1 Å². The van der Waals surface area contributed by atoms with Crippen LogP contribution in [0.5, 0.6) is 0 Å². The zero-order chi connectivity index (χ0) is 36.3. The second-order valence-corrected chi connectivity index (χ2v) is 16.5. The van der Waals surface area contributed by atoms with Crippen LogP contribution in [-0.4, -0.2) is 0 Å². The van der Waals surface area contributed by atoms with Crippen LogP contribution in [0.25, 0.3) is 33.1 Å². The molecule has 4 bridgehead atoms. The van der Waals surface area contributed by atoms with Gasteiger partial charge in [-0.05, 0) is 157 Å². The van der Waals surface area contributed by atoms with Crippen LogP contribution in [-0.2, 0) is 5.41 Å². The fourth-order valence-corrected chi connectivity index (χ4v) is 10.9. The molecule has 4 saturated carbocycles. The van der Waals surface area contributed by atoms with E-state index in [9.17, 15) is 0 Å². The SMILES string of the molecule is c1ccc(N(c2ccc(-c3ccc(C45CC6CC(CC(C6)C4)C5)cc3)cc2)c2ccc3c(c2)oc2ccc(N(c4ccccc4)c4ccccc4)cc23)cc1. The fourth-order valence-electron chi connectivity index (χ4n) is 10.9. The Morgan fingerprint density at radius 2 is 0.818 bits per heavy atom. The quantitative estimate of drug-likeness (QED) is 0.156. The molecule has 0 N–H and O–H groups in total. The largest absolute Gasteiger partial charge is 0.456 e. The second kappa shape index (κ2) is 13.1. The van der Waals surface area contributed by atoms with Crippen LogP contribution in [0.3, 0.4) is 0 Å². The number of benzene rings is 7. The van der Waals surface area contributed by atoms with E-state index in [0.29, 0.717) is 5.41 Å².